The second kappa shape index (κ2) is 4.65. The van der Waals surface area contributed by atoms with Crippen molar-refractivity contribution in [3.8, 4) is 5.75 Å². The molecule has 2 heterocycles. The van der Waals surface area contributed by atoms with Crippen molar-refractivity contribution in [2.75, 3.05) is 23.7 Å². The molecule has 0 fully saturated rings. The van der Waals surface area contributed by atoms with Crippen LogP contribution in [0.15, 0.2) is 36.4 Å². The minimum atomic E-state index is -0.197. The fourth-order valence-electron chi connectivity index (χ4n) is 3.35. The van der Waals surface area contributed by atoms with E-state index < -0.39 is 0 Å². The lowest BCUT2D eigenvalue weighted by atomic mass is 10.1. The number of ether oxygens (including phenoxy) is 1. The van der Waals surface area contributed by atoms with Crippen LogP contribution in [0.5, 0.6) is 5.75 Å². The molecule has 2 aromatic carbocycles. The lowest BCUT2D eigenvalue weighted by Gasteiger charge is -2.23. The van der Waals surface area contributed by atoms with Gasteiger partial charge < -0.3 is 15.4 Å². The number of nitrogens with zero attached hydrogens (tertiary/aromatic N) is 1. The van der Waals surface area contributed by atoms with Crippen LogP contribution in [-0.2, 0) is 12.8 Å². The maximum absolute atomic E-state index is 13.3. The number of hydrogen-bond acceptors (Lipinski definition) is 3. The molecular formula is C17H17FN2O. The molecule has 2 N–H and O–H groups in total. The van der Waals surface area contributed by atoms with E-state index in [4.69, 9.17) is 10.5 Å². The Morgan fingerprint density at radius 2 is 2.19 bits per heavy atom. The van der Waals surface area contributed by atoms with Crippen molar-refractivity contribution in [1.82, 2.24) is 0 Å². The molecule has 0 saturated heterocycles. The van der Waals surface area contributed by atoms with E-state index in [-0.39, 0.29) is 11.9 Å². The third-order valence-corrected chi connectivity index (χ3v) is 4.35. The number of rotatable bonds is 2. The molecule has 0 radical (unpaired) electrons. The average Bonchev–Trinajstić information content (AvgIpc) is 3.04. The molecule has 4 heteroatoms. The summed E-state index contributed by atoms with van der Waals surface area (Å²) in [5, 5.41) is 0. The third kappa shape index (κ3) is 2.11. The summed E-state index contributed by atoms with van der Waals surface area (Å²) in [6.45, 7) is 1.78. The maximum atomic E-state index is 13.3. The molecule has 21 heavy (non-hydrogen) atoms. The predicted octanol–water partition coefficient (Wildman–Crippen LogP) is 2.77. The molecule has 3 nitrogen and oxygen atoms in total. The molecule has 0 bridgehead atoms. The molecule has 0 saturated carbocycles. The van der Waals surface area contributed by atoms with Gasteiger partial charge in [-0.25, -0.2) is 4.39 Å². The first-order chi connectivity index (χ1) is 10.2. The highest BCUT2D eigenvalue weighted by Crippen LogP contribution is 2.34. The fraction of sp³-hybridized carbons (Fsp3) is 0.294. The summed E-state index contributed by atoms with van der Waals surface area (Å²) in [6.07, 6.45) is 1.83. The number of fused-ring (bicyclic) bond motifs is 2. The van der Waals surface area contributed by atoms with Crippen LogP contribution in [0.1, 0.15) is 11.1 Å². The normalized spacial score (nSPS) is 19.3. The Bertz CT molecular complexity index is 701. The van der Waals surface area contributed by atoms with Gasteiger partial charge in [0.05, 0.1) is 6.54 Å². The Balaban J connectivity index is 1.52. The highest BCUT2D eigenvalue weighted by Gasteiger charge is 2.28. The Kier molecular flexibility index (Phi) is 2.77. The predicted molar refractivity (Wildman–Crippen MR) is 81.3 cm³/mol. The molecule has 0 aliphatic carbocycles. The summed E-state index contributed by atoms with van der Waals surface area (Å²) >= 11 is 0. The quantitative estimate of drug-likeness (QED) is 0.862. The molecule has 2 aromatic rings. The van der Waals surface area contributed by atoms with Gasteiger partial charge in [0.2, 0.25) is 0 Å². The van der Waals surface area contributed by atoms with Crippen molar-refractivity contribution in [2.45, 2.75) is 18.9 Å². The zero-order valence-electron chi connectivity index (χ0n) is 11.7. The third-order valence-electron chi connectivity index (χ3n) is 4.35. The Labute approximate surface area is 123 Å². The van der Waals surface area contributed by atoms with Crippen molar-refractivity contribution >= 4 is 11.4 Å². The van der Waals surface area contributed by atoms with Gasteiger partial charge >= 0.3 is 0 Å². The van der Waals surface area contributed by atoms with Gasteiger partial charge in [0, 0.05) is 35.5 Å². The summed E-state index contributed by atoms with van der Waals surface area (Å²) < 4.78 is 19.2. The first-order valence-corrected chi connectivity index (χ1v) is 7.28. The smallest absolute Gasteiger partial charge is 0.123 e. The SMILES string of the molecule is Nc1cccc2c1CCN2CC1Cc2cc(F)ccc2O1. The van der Waals surface area contributed by atoms with Gasteiger partial charge in [-0.05, 0) is 36.8 Å². The second-order valence-corrected chi connectivity index (χ2v) is 5.74. The largest absolute Gasteiger partial charge is 0.488 e. The van der Waals surface area contributed by atoms with Crippen LogP contribution in [0, 0.1) is 5.82 Å². The summed E-state index contributed by atoms with van der Waals surface area (Å²) in [4.78, 5) is 2.32. The molecular weight excluding hydrogens is 267 g/mol. The van der Waals surface area contributed by atoms with Crippen LogP contribution in [0.4, 0.5) is 15.8 Å². The van der Waals surface area contributed by atoms with E-state index in [2.05, 4.69) is 11.0 Å². The Morgan fingerprint density at radius 1 is 1.29 bits per heavy atom. The number of benzene rings is 2. The average molecular weight is 284 g/mol. The fourth-order valence-corrected chi connectivity index (χ4v) is 3.35. The molecule has 1 atom stereocenters. The van der Waals surface area contributed by atoms with Crippen LogP contribution in [0.2, 0.25) is 0 Å². The van der Waals surface area contributed by atoms with E-state index in [1.165, 1.54) is 17.3 Å². The molecule has 2 aliphatic rings. The van der Waals surface area contributed by atoms with Crippen LogP contribution >= 0.6 is 0 Å². The number of halogens is 1. The summed E-state index contributed by atoms with van der Waals surface area (Å²) in [5.41, 5.74) is 10.3. The zero-order valence-corrected chi connectivity index (χ0v) is 11.7. The number of nitrogen functional groups attached to an aromatic ring is 1. The van der Waals surface area contributed by atoms with Gasteiger partial charge in [0.15, 0.2) is 0 Å². The topological polar surface area (TPSA) is 38.5 Å². The first-order valence-electron chi connectivity index (χ1n) is 7.28. The van der Waals surface area contributed by atoms with E-state index in [9.17, 15) is 4.39 Å². The van der Waals surface area contributed by atoms with Crippen LogP contribution in [0.25, 0.3) is 0 Å². The first kappa shape index (κ1) is 12.5. The lowest BCUT2D eigenvalue weighted by Crippen LogP contribution is -2.33. The van der Waals surface area contributed by atoms with Crippen LogP contribution in [-0.4, -0.2) is 19.2 Å². The molecule has 0 spiro atoms. The zero-order chi connectivity index (χ0) is 14.4. The van der Waals surface area contributed by atoms with E-state index in [1.54, 1.807) is 12.1 Å². The number of nitrogens with two attached hydrogens (primary N) is 1. The minimum Gasteiger partial charge on any atom is -0.488 e. The molecule has 4 rings (SSSR count). The molecule has 2 aliphatic heterocycles. The Hall–Kier alpha value is -2.23. The van der Waals surface area contributed by atoms with Crippen molar-refractivity contribution in [3.63, 3.8) is 0 Å². The van der Waals surface area contributed by atoms with Crippen molar-refractivity contribution in [2.24, 2.45) is 0 Å². The van der Waals surface area contributed by atoms with Crippen LogP contribution in [0.3, 0.4) is 0 Å². The monoisotopic (exact) mass is 284 g/mol. The lowest BCUT2D eigenvalue weighted by molar-refractivity contribution is 0.238. The van der Waals surface area contributed by atoms with Gasteiger partial charge in [0.1, 0.15) is 17.7 Å². The highest BCUT2D eigenvalue weighted by molar-refractivity contribution is 5.68. The van der Waals surface area contributed by atoms with E-state index in [1.807, 2.05) is 12.1 Å². The van der Waals surface area contributed by atoms with Crippen LogP contribution < -0.4 is 15.4 Å². The number of hydrogen-bond donors (Lipinski definition) is 1. The van der Waals surface area contributed by atoms with Gasteiger partial charge in [-0.1, -0.05) is 6.07 Å². The second-order valence-electron chi connectivity index (χ2n) is 5.74. The highest BCUT2D eigenvalue weighted by atomic mass is 19.1. The van der Waals surface area contributed by atoms with E-state index in [0.29, 0.717) is 0 Å². The van der Waals surface area contributed by atoms with Gasteiger partial charge in [-0.3, -0.25) is 0 Å². The summed E-state index contributed by atoms with van der Waals surface area (Å²) in [7, 11) is 0. The molecule has 0 amide bonds. The van der Waals surface area contributed by atoms with E-state index in [0.717, 1.165) is 42.9 Å². The van der Waals surface area contributed by atoms with Crippen molar-refractivity contribution in [3.05, 3.63) is 53.3 Å². The molecule has 0 aromatic heterocycles. The van der Waals surface area contributed by atoms with Crippen molar-refractivity contribution < 1.29 is 9.13 Å². The van der Waals surface area contributed by atoms with Crippen molar-refractivity contribution in [1.29, 1.82) is 0 Å². The van der Waals surface area contributed by atoms with Gasteiger partial charge in [-0.2, -0.15) is 0 Å². The maximum Gasteiger partial charge on any atom is 0.123 e. The molecule has 108 valence electrons. The number of anilines is 2. The van der Waals surface area contributed by atoms with Gasteiger partial charge in [-0.15, -0.1) is 0 Å². The standard InChI is InChI=1S/C17H17FN2O/c18-12-4-5-17-11(8-12)9-13(21-17)10-20-7-6-14-15(19)2-1-3-16(14)20/h1-5,8,13H,6-7,9-10,19H2. The Morgan fingerprint density at radius 3 is 3.10 bits per heavy atom. The molecule has 1 unspecified atom stereocenters. The minimum absolute atomic E-state index is 0.0779. The summed E-state index contributed by atoms with van der Waals surface area (Å²) in [5.74, 6) is 0.616. The van der Waals surface area contributed by atoms with E-state index >= 15 is 0 Å². The summed E-state index contributed by atoms with van der Waals surface area (Å²) in [6, 6.07) is 10.8. The van der Waals surface area contributed by atoms with Gasteiger partial charge in [0.25, 0.3) is 0 Å².